The molecule has 0 aromatic heterocycles. The Kier molecular flexibility index (Phi) is 9.02. The molecule has 4 rings (SSSR count). The summed E-state index contributed by atoms with van der Waals surface area (Å²) in [6.07, 6.45) is 2.69. The summed E-state index contributed by atoms with van der Waals surface area (Å²) < 4.78 is 0.776. The van der Waals surface area contributed by atoms with Gasteiger partial charge in [-0.1, -0.05) is 92.5 Å². The van der Waals surface area contributed by atoms with E-state index in [1.165, 1.54) is 36.7 Å². The number of phenolic OH excluding ortho intramolecular Hbond substituents is 2. The van der Waals surface area contributed by atoms with Crippen LogP contribution in [0.4, 0.5) is 11.4 Å². The molecule has 0 saturated heterocycles. The number of nitro groups is 2. The van der Waals surface area contributed by atoms with Gasteiger partial charge in [0.05, 0.1) is 9.85 Å². The van der Waals surface area contributed by atoms with Gasteiger partial charge < -0.3 is 10.2 Å². The van der Waals surface area contributed by atoms with Crippen molar-refractivity contribution in [1.29, 1.82) is 0 Å². The van der Waals surface area contributed by atoms with Gasteiger partial charge in [-0.25, -0.2) is 0 Å². The first kappa shape index (κ1) is 28.6. The molecule has 4 aromatic rings. The summed E-state index contributed by atoms with van der Waals surface area (Å²) in [7, 11) is 0. The molecule has 0 aliphatic heterocycles. The number of aliphatic imine (C=N–C) groups is 2. The Morgan fingerprint density at radius 3 is 1.32 bits per heavy atom. The smallest absolute Gasteiger partial charge is 0.312 e. The lowest BCUT2D eigenvalue weighted by Gasteiger charge is -2.22. The van der Waals surface area contributed by atoms with Crippen LogP contribution in [0.15, 0.2) is 104 Å². The van der Waals surface area contributed by atoms with Crippen LogP contribution in [-0.4, -0.2) is 32.5 Å². The number of rotatable bonds is 9. The lowest BCUT2D eigenvalue weighted by molar-refractivity contribution is -0.386. The van der Waals surface area contributed by atoms with Crippen LogP contribution in [0.25, 0.3) is 0 Å². The molecule has 4 aromatic carbocycles. The highest BCUT2D eigenvalue weighted by atomic mass is 79.9. The number of benzene rings is 4. The number of nitro benzene ring substituents is 2. The van der Waals surface area contributed by atoms with E-state index in [4.69, 9.17) is 9.98 Å². The Labute approximate surface area is 244 Å². The molecule has 10 nitrogen and oxygen atoms in total. The largest absolute Gasteiger partial charge is 0.502 e. The van der Waals surface area contributed by atoms with Gasteiger partial charge >= 0.3 is 11.4 Å². The topological polar surface area (TPSA) is 151 Å². The second kappa shape index (κ2) is 12.6. The van der Waals surface area contributed by atoms with Gasteiger partial charge in [-0.15, -0.1) is 0 Å². The Bertz CT molecular complexity index is 1490. The number of aromatic hydroxyl groups is 2. The van der Waals surface area contributed by atoms with Gasteiger partial charge in [-0.3, -0.25) is 30.2 Å². The summed E-state index contributed by atoms with van der Waals surface area (Å²) in [4.78, 5) is 30.9. The maximum atomic E-state index is 11.4. The molecule has 0 saturated carbocycles. The second-order valence-electron chi connectivity index (χ2n) is 8.51. The Hall–Kier alpha value is -4.42. The van der Waals surface area contributed by atoms with Crippen molar-refractivity contribution in [3.05, 3.63) is 136 Å². The van der Waals surface area contributed by atoms with Gasteiger partial charge in [0.15, 0.2) is 0 Å². The first-order valence-corrected chi connectivity index (χ1v) is 13.2. The highest BCUT2D eigenvalue weighted by molar-refractivity contribution is 9.10. The first-order valence-electron chi connectivity index (χ1n) is 11.7. The van der Waals surface area contributed by atoms with Gasteiger partial charge in [0.2, 0.25) is 11.5 Å². The number of phenols is 2. The fourth-order valence-corrected chi connectivity index (χ4v) is 4.93. The molecule has 2 N–H and O–H groups in total. The Morgan fingerprint density at radius 2 is 1.00 bits per heavy atom. The molecule has 0 unspecified atom stereocenters. The van der Waals surface area contributed by atoms with Crippen LogP contribution in [0.3, 0.4) is 0 Å². The van der Waals surface area contributed by atoms with Gasteiger partial charge in [0.25, 0.3) is 0 Å². The standard InChI is InChI=1S/C28H20Br2N4O6/c29-21-11-19(27(35)23(13-21)33(37)38)15-31-25(17-7-3-1-4-8-17)26(18-9-5-2-6-10-18)32-16-20-12-22(30)14-24(28(20)36)34(39)40/h1-16,25-26,35-36H/t25-,26+. The normalized spacial score (nSPS) is 12.9. The lowest BCUT2D eigenvalue weighted by Crippen LogP contribution is -2.09. The van der Waals surface area contributed by atoms with Crippen molar-refractivity contribution in [3.63, 3.8) is 0 Å². The average molecular weight is 668 g/mol. The van der Waals surface area contributed by atoms with Crippen LogP contribution in [-0.2, 0) is 0 Å². The minimum atomic E-state index is -0.693. The fraction of sp³-hybridized carbons (Fsp3) is 0.0714. The number of hydrogen-bond donors (Lipinski definition) is 2. The van der Waals surface area contributed by atoms with Crippen molar-refractivity contribution in [2.75, 3.05) is 0 Å². The summed E-state index contributed by atoms with van der Waals surface area (Å²) in [6, 6.07) is 22.4. The van der Waals surface area contributed by atoms with Crippen LogP contribution in [0.5, 0.6) is 11.5 Å². The fourth-order valence-electron chi connectivity index (χ4n) is 4.01. The zero-order chi connectivity index (χ0) is 28.8. The molecule has 202 valence electrons. The van der Waals surface area contributed by atoms with Crippen LogP contribution in [0, 0.1) is 20.2 Å². The van der Waals surface area contributed by atoms with Crippen molar-refractivity contribution < 1.29 is 20.1 Å². The molecular weight excluding hydrogens is 648 g/mol. The second-order valence-corrected chi connectivity index (χ2v) is 10.3. The molecule has 12 heteroatoms. The van der Waals surface area contributed by atoms with E-state index in [2.05, 4.69) is 31.9 Å². The maximum absolute atomic E-state index is 11.4. The molecule has 0 radical (unpaired) electrons. The predicted octanol–water partition coefficient (Wildman–Crippen LogP) is 7.46. The van der Waals surface area contributed by atoms with Crippen molar-refractivity contribution in [1.82, 2.24) is 0 Å². The van der Waals surface area contributed by atoms with Gasteiger partial charge in [-0.05, 0) is 23.3 Å². The van der Waals surface area contributed by atoms with E-state index in [1.807, 2.05) is 60.7 Å². The Morgan fingerprint density at radius 1 is 0.650 bits per heavy atom. The summed E-state index contributed by atoms with van der Waals surface area (Å²) >= 11 is 6.47. The van der Waals surface area contributed by atoms with Crippen LogP contribution < -0.4 is 0 Å². The van der Waals surface area contributed by atoms with Crippen molar-refractivity contribution in [3.8, 4) is 11.5 Å². The molecule has 0 heterocycles. The van der Waals surface area contributed by atoms with Crippen molar-refractivity contribution in [2.45, 2.75) is 12.1 Å². The van der Waals surface area contributed by atoms with Crippen molar-refractivity contribution >= 4 is 55.7 Å². The van der Waals surface area contributed by atoms with E-state index < -0.39 is 44.8 Å². The predicted molar refractivity (Wildman–Crippen MR) is 158 cm³/mol. The zero-order valence-corrected chi connectivity index (χ0v) is 23.6. The molecule has 0 bridgehead atoms. The molecule has 0 fully saturated rings. The molecule has 0 aliphatic rings. The van der Waals surface area contributed by atoms with E-state index in [0.29, 0.717) is 8.95 Å². The molecule has 40 heavy (non-hydrogen) atoms. The van der Waals surface area contributed by atoms with E-state index in [0.717, 1.165) is 11.1 Å². The zero-order valence-electron chi connectivity index (χ0n) is 20.5. The molecule has 0 amide bonds. The highest BCUT2D eigenvalue weighted by Gasteiger charge is 2.25. The third-order valence-electron chi connectivity index (χ3n) is 5.89. The third kappa shape index (κ3) is 6.58. The average Bonchev–Trinajstić information content (AvgIpc) is 2.94. The summed E-state index contributed by atoms with van der Waals surface area (Å²) in [6.45, 7) is 0. The van der Waals surface area contributed by atoms with E-state index in [9.17, 15) is 30.4 Å². The SMILES string of the molecule is O=[N+]([O-])c1cc(Br)cc(C=N[C@H](c2ccccc2)[C@@H](N=Cc2cc(Br)cc([N+](=O)[O-])c2O)c2ccccc2)c1O. The number of nitrogens with zero attached hydrogens (tertiary/aromatic N) is 4. The van der Waals surface area contributed by atoms with E-state index >= 15 is 0 Å². The van der Waals surface area contributed by atoms with Crippen LogP contribution in [0.1, 0.15) is 34.3 Å². The van der Waals surface area contributed by atoms with E-state index in [-0.39, 0.29) is 11.1 Å². The number of hydrogen-bond acceptors (Lipinski definition) is 8. The highest BCUT2D eigenvalue weighted by Crippen LogP contribution is 2.38. The summed E-state index contributed by atoms with van der Waals surface area (Å²) in [5, 5.41) is 43.9. The molecule has 0 spiro atoms. The van der Waals surface area contributed by atoms with Gasteiger partial charge in [0, 0.05) is 44.6 Å². The van der Waals surface area contributed by atoms with Gasteiger partial charge in [-0.2, -0.15) is 0 Å². The summed E-state index contributed by atoms with van der Waals surface area (Å²) in [5.41, 5.74) is 0.792. The third-order valence-corrected chi connectivity index (χ3v) is 6.81. The minimum absolute atomic E-state index is 0.123. The quantitative estimate of drug-likeness (QED) is 0.107. The lowest BCUT2D eigenvalue weighted by atomic mass is 9.94. The van der Waals surface area contributed by atoms with Crippen LogP contribution >= 0.6 is 31.9 Å². The van der Waals surface area contributed by atoms with Crippen molar-refractivity contribution in [2.24, 2.45) is 9.98 Å². The molecule has 0 aliphatic carbocycles. The van der Waals surface area contributed by atoms with Crippen LogP contribution in [0.2, 0.25) is 0 Å². The monoisotopic (exact) mass is 666 g/mol. The van der Waals surface area contributed by atoms with Gasteiger partial charge in [0.1, 0.15) is 12.1 Å². The molecular formula is C28H20Br2N4O6. The summed E-state index contributed by atoms with van der Waals surface area (Å²) in [5.74, 6) is -1.07. The molecule has 2 atom stereocenters. The number of halogens is 2. The maximum Gasteiger partial charge on any atom is 0.312 e. The Balaban J connectivity index is 1.86. The minimum Gasteiger partial charge on any atom is -0.502 e. The first-order chi connectivity index (χ1) is 19.2. The van der Waals surface area contributed by atoms with E-state index in [1.54, 1.807) is 0 Å².